The average Bonchev–Trinajstić information content (AvgIpc) is 3.31. The molecule has 6 N–H and O–H groups in total. The first-order valence-electron chi connectivity index (χ1n) is 24.2. The molecule has 378 valence electrons. The van der Waals surface area contributed by atoms with Crippen LogP contribution in [0.15, 0.2) is 115 Å². The van der Waals surface area contributed by atoms with Gasteiger partial charge in [0.1, 0.15) is 45.5 Å². The Hall–Kier alpha value is -7.16. The van der Waals surface area contributed by atoms with Crippen LogP contribution in [0.1, 0.15) is 111 Å². The topological polar surface area (TPSA) is 202 Å². The van der Waals surface area contributed by atoms with Gasteiger partial charge in [-0.1, -0.05) is 51.0 Å². The Morgan fingerprint density at radius 3 is 1.46 bits per heavy atom. The molecule has 2 amide bonds. The van der Waals surface area contributed by atoms with Gasteiger partial charge in [-0.25, -0.2) is 9.59 Å². The maximum atomic E-state index is 12.8. The Bertz CT molecular complexity index is 2990. The van der Waals surface area contributed by atoms with E-state index in [0.29, 0.717) is 93.7 Å². The number of amides is 2. The fourth-order valence-corrected chi connectivity index (χ4v) is 7.31. The van der Waals surface area contributed by atoms with E-state index in [1.807, 2.05) is 71.9 Å². The third-order valence-corrected chi connectivity index (χ3v) is 11.3. The summed E-state index contributed by atoms with van der Waals surface area (Å²) in [5.74, 6) is 1.26. The van der Waals surface area contributed by atoms with Crippen molar-refractivity contribution in [3.8, 4) is 23.0 Å². The quantitative estimate of drug-likeness (QED) is 0.0227. The lowest BCUT2D eigenvalue weighted by Crippen LogP contribution is -2.24. The van der Waals surface area contributed by atoms with Crippen LogP contribution in [0, 0.1) is 19.8 Å². The van der Waals surface area contributed by atoms with Crippen LogP contribution < -0.4 is 42.0 Å². The number of nitrogens with one attached hydrogen (secondary N) is 4. The molecule has 0 saturated heterocycles. The van der Waals surface area contributed by atoms with Crippen LogP contribution in [0.25, 0.3) is 21.9 Å². The highest BCUT2D eigenvalue weighted by Gasteiger charge is 2.17. The van der Waals surface area contributed by atoms with E-state index < -0.39 is 23.1 Å². The standard InChI is InChI=1S/C29H36N2O5.C28H34N2O5/c1-18(2)7-8-21-15-23(9-11-25(21)32)28(33)31-24-16-22-10-12-26(20(5)27(22)36-29(24)34)35-14-6-13-30-17-19(3)4;1-17(2)7-8-20-15-22(9-11-24(20)31)27(32)30-23-16-21-10-12-25(19(5)26(21)35-28(23)33)34-14-6-13-29-18(3)4/h7,9-12,15-16,19,30,32H,6,8,13-14,17H2,1-5H3,(H,31,33);7,9-12,15-16,18,29,31H,6,8,13-14H2,1-5H3,(H,30,32). The van der Waals surface area contributed by atoms with Crippen LogP contribution in [0.2, 0.25) is 0 Å². The molecular formula is C57H70N4O10. The number of anilines is 2. The number of allylic oxidation sites excluding steroid dienone is 4. The molecule has 2 aromatic heterocycles. The van der Waals surface area contributed by atoms with Crippen LogP contribution in [0.4, 0.5) is 11.4 Å². The second kappa shape index (κ2) is 26.2. The van der Waals surface area contributed by atoms with Gasteiger partial charge in [0.15, 0.2) is 0 Å². The molecule has 0 aliphatic heterocycles. The van der Waals surface area contributed by atoms with Gasteiger partial charge < -0.3 is 49.8 Å². The van der Waals surface area contributed by atoms with E-state index in [9.17, 15) is 29.4 Å². The van der Waals surface area contributed by atoms with Crippen molar-refractivity contribution < 1.29 is 38.1 Å². The molecule has 4 aromatic carbocycles. The summed E-state index contributed by atoms with van der Waals surface area (Å²) in [5.41, 5.74) is 5.32. The van der Waals surface area contributed by atoms with Crippen LogP contribution in [-0.4, -0.2) is 60.9 Å². The molecule has 0 aliphatic carbocycles. The number of ether oxygens (including phenoxy) is 2. The molecule has 71 heavy (non-hydrogen) atoms. The summed E-state index contributed by atoms with van der Waals surface area (Å²) in [6.07, 6.45) is 6.68. The van der Waals surface area contributed by atoms with E-state index in [-0.39, 0.29) is 22.9 Å². The SMILES string of the molecule is CC(C)=CCc1cc(C(=O)Nc2cc3ccc(OCCCNC(C)C)c(C)c3oc2=O)ccc1O.CC(C)=CCc1cc(C(=O)Nc2cc3ccc(OCCCNCC(C)C)c(C)c3oc2=O)ccc1O. The molecule has 2 heterocycles. The molecule has 0 radical (unpaired) electrons. The summed E-state index contributed by atoms with van der Waals surface area (Å²) >= 11 is 0. The molecule has 0 aliphatic rings. The number of aromatic hydroxyl groups is 2. The summed E-state index contributed by atoms with van der Waals surface area (Å²) in [6, 6.07) is 20.2. The van der Waals surface area contributed by atoms with Crippen molar-refractivity contribution in [3.63, 3.8) is 0 Å². The van der Waals surface area contributed by atoms with Crippen LogP contribution >= 0.6 is 0 Å². The highest BCUT2D eigenvalue weighted by molar-refractivity contribution is 6.06. The smallest absolute Gasteiger partial charge is 0.360 e. The summed E-state index contributed by atoms with van der Waals surface area (Å²) in [6.45, 7) is 23.9. The van der Waals surface area contributed by atoms with Crippen molar-refractivity contribution in [3.05, 3.63) is 150 Å². The maximum absolute atomic E-state index is 12.8. The molecule has 0 fully saturated rings. The van der Waals surface area contributed by atoms with Crippen molar-refractivity contribution in [1.29, 1.82) is 0 Å². The number of phenols is 2. The first-order chi connectivity index (χ1) is 33.8. The first-order valence-corrected chi connectivity index (χ1v) is 24.2. The van der Waals surface area contributed by atoms with Crippen molar-refractivity contribution in [1.82, 2.24) is 10.6 Å². The molecule has 14 nitrogen and oxygen atoms in total. The Labute approximate surface area is 416 Å². The molecule has 0 atom stereocenters. The number of hydrogen-bond acceptors (Lipinski definition) is 12. The zero-order chi connectivity index (χ0) is 51.8. The first kappa shape index (κ1) is 54.8. The Kier molecular flexibility index (Phi) is 20.2. The Balaban J connectivity index is 0.000000264. The van der Waals surface area contributed by atoms with Crippen molar-refractivity contribution >= 4 is 45.1 Å². The number of benzene rings is 4. The maximum Gasteiger partial charge on any atom is 0.360 e. The summed E-state index contributed by atoms with van der Waals surface area (Å²) in [4.78, 5) is 51.0. The van der Waals surface area contributed by atoms with Crippen molar-refractivity contribution in [2.75, 3.05) is 43.5 Å². The molecule has 6 rings (SSSR count). The van der Waals surface area contributed by atoms with Gasteiger partial charge in [-0.3, -0.25) is 9.59 Å². The highest BCUT2D eigenvalue weighted by atomic mass is 16.5. The summed E-state index contributed by atoms with van der Waals surface area (Å²) in [5, 5.41) is 33.6. The van der Waals surface area contributed by atoms with Crippen molar-refractivity contribution in [2.24, 2.45) is 5.92 Å². The lowest BCUT2D eigenvalue weighted by atomic mass is 10.0. The van der Waals surface area contributed by atoms with Gasteiger partial charge >= 0.3 is 11.3 Å². The molecule has 0 bridgehead atoms. The van der Waals surface area contributed by atoms with Crippen molar-refractivity contribution in [2.45, 2.75) is 101 Å². The Morgan fingerprint density at radius 1 is 0.620 bits per heavy atom. The lowest BCUT2D eigenvalue weighted by Gasteiger charge is -2.12. The molecule has 0 spiro atoms. The summed E-state index contributed by atoms with van der Waals surface area (Å²) in [7, 11) is 0. The number of carbonyl (C=O) groups excluding carboxylic acids is 2. The third kappa shape index (κ3) is 16.2. The molecule has 6 aromatic rings. The lowest BCUT2D eigenvalue weighted by molar-refractivity contribution is 0.101. The predicted octanol–water partition coefficient (Wildman–Crippen LogP) is 10.9. The monoisotopic (exact) mass is 971 g/mol. The van der Waals surface area contributed by atoms with Gasteiger partial charge in [0.2, 0.25) is 0 Å². The van der Waals surface area contributed by atoms with Gasteiger partial charge in [-0.05, 0) is 177 Å². The number of rotatable bonds is 21. The van der Waals surface area contributed by atoms with Gasteiger partial charge in [-0.2, -0.15) is 0 Å². The van der Waals surface area contributed by atoms with E-state index in [1.165, 1.54) is 24.3 Å². The number of hydrogen-bond donors (Lipinski definition) is 6. The fraction of sp³-hybridized carbons (Fsp3) is 0.368. The molecule has 14 heteroatoms. The van der Waals surface area contributed by atoms with E-state index in [0.717, 1.165) is 54.7 Å². The van der Waals surface area contributed by atoms with Gasteiger partial charge in [0, 0.05) is 39.1 Å². The fourth-order valence-electron chi connectivity index (χ4n) is 7.31. The van der Waals surface area contributed by atoms with Crippen LogP contribution in [-0.2, 0) is 12.8 Å². The number of carbonyl (C=O) groups is 2. The highest BCUT2D eigenvalue weighted by Crippen LogP contribution is 2.30. The van der Waals surface area contributed by atoms with E-state index in [2.05, 4.69) is 49.0 Å². The number of phenolic OH excluding ortho intramolecular Hbond substituents is 2. The normalized spacial score (nSPS) is 11.0. The van der Waals surface area contributed by atoms with Crippen LogP contribution in [0.5, 0.6) is 23.0 Å². The van der Waals surface area contributed by atoms with Gasteiger partial charge in [0.05, 0.1) is 13.2 Å². The van der Waals surface area contributed by atoms with E-state index >= 15 is 0 Å². The minimum absolute atomic E-state index is 0.0502. The largest absolute Gasteiger partial charge is 0.508 e. The third-order valence-electron chi connectivity index (χ3n) is 11.3. The number of aryl methyl sites for hydroxylation is 2. The minimum Gasteiger partial charge on any atom is -0.508 e. The zero-order valence-corrected chi connectivity index (χ0v) is 42.8. The molecule has 0 saturated carbocycles. The Morgan fingerprint density at radius 2 is 1.06 bits per heavy atom. The predicted molar refractivity (Wildman–Crippen MR) is 284 cm³/mol. The second-order valence-electron chi connectivity index (χ2n) is 18.8. The van der Waals surface area contributed by atoms with Gasteiger partial charge in [0.25, 0.3) is 11.8 Å². The summed E-state index contributed by atoms with van der Waals surface area (Å²) < 4.78 is 22.9. The molecule has 0 unspecified atom stereocenters. The zero-order valence-electron chi connectivity index (χ0n) is 42.8. The minimum atomic E-state index is -0.643. The average molecular weight is 971 g/mol. The second-order valence-corrected chi connectivity index (χ2v) is 18.8. The number of fused-ring (bicyclic) bond motifs is 2. The van der Waals surface area contributed by atoms with E-state index in [4.69, 9.17) is 18.3 Å². The van der Waals surface area contributed by atoms with Crippen LogP contribution in [0.3, 0.4) is 0 Å². The van der Waals surface area contributed by atoms with Gasteiger partial charge in [-0.15, -0.1) is 0 Å². The van der Waals surface area contributed by atoms with E-state index in [1.54, 1.807) is 30.3 Å². The molecular weight excluding hydrogens is 901 g/mol.